The average molecular weight is 607 g/mol. The van der Waals surface area contributed by atoms with Crippen LogP contribution in [0.25, 0.3) is 0 Å². The van der Waals surface area contributed by atoms with Crippen LogP contribution < -0.4 is 14.4 Å². The second kappa shape index (κ2) is 13.9. The minimum atomic E-state index is -4.20. The molecule has 0 saturated carbocycles. The number of hydrogen-bond donors (Lipinski definition) is 1. The largest absolute Gasteiger partial charge is 0.494 e. The Balaban J connectivity index is 2.03. The van der Waals surface area contributed by atoms with Crippen LogP contribution in [0.1, 0.15) is 33.3 Å². The van der Waals surface area contributed by atoms with Crippen molar-refractivity contribution in [2.45, 2.75) is 51.2 Å². The van der Waals surface area contributed by atoms with E-state index in [4.69, 9.17) is 27.9 Å². The highest BCUT2D eigenvalue weighted by Crippen LogP contribution is 2.27. The average Bonchev–Trinajstić information content (AvgIpc) is 2.90. The smallest absolute Gasteiger partial charge is 0.264 e. The molecule has 8 nitrogen and oxygen atoms in total. The fourth-order valence-corrected chi connectivity index (χ4v) is 5.71. The summed E-state index contributed by atoms with van der Waals surface area (Å²) in [5.41, 5.74) is 0.951. The summed E-state index contributed by atoms with van der Waals surface area (Å²) in [5.74, 6) is -0.376. The van der Waals surface area contributed by atoms with Crippen LogP contribution >= 0.6 is 23.2 Å². The summed E-state index contributed by atoms with van der Waals surface area (Å²) in [6.45, 7) is 7.02. The first-order valence-electron chi connectivity index (χ1n) is 12.8. The molecule has 0 saturated heterocycles. The van der Waals surface area contributed by atoms with E-state index in [0.29, 0.717) is 28.0 Å². The van der Waals surface area contributed by atoms with Gasteiger partial charge in [-0.25, -0.2) is 8.42 Å². The molecular formula is C29H33Cl2N3O5S. The molecule has 3 rings (SSSR count). The molecule has 0 bridgehead atoms. The molecule has 214 valence electrons. The van der Waals surface area contributed by atoms with Gasteiger partial charge in [0.1, 0.15) is 18.3 Å². The lowest BCUT2D eigenvalue weighted by Gasteiger charge is -2.32. The van der Waals surface area contributed by atoms with Crippen molar-refractivity contribution < 1.29 is 22.7 Å². The van der Waals surface area contributed by atoms with E-state index in [9.17, 15) is 18.0 Å². The van der Waals surface area contributed by atoms with Crippen LogP contribution in [0.15, 0.2) is 77.7 Å². The first-order valence-corrected chi connectivity index (χ1v) is 15.0. The summed E-state index contributed by atoms with van der Waals surface area (Å²) >= 11 is 12.2. The number of carbonyl (C=O) groups excluding carboxylic acids is 2. The topological polar surface area (TPSA) is 96.0 Å². The number of carbonyl (C=O) groups is 2. The van der Waals surface area contributed by atoms with Crippen molar-refractivity contribution >= 4 is 50.7 Å². The molecule has 0 aliphatic rings. The van der Waals surface area contributed by atoms with Gasteiger partial charge in [0.05, 0.1) is 17.2 Å². The summed E-state index contributed by atoms with van der Waals surface area (Å²) < 4.78 is 34.2. The van der Waals surface area contributed by atoms with Gasteiger partial charge in [0.25, 0.3) is 10.0 Å². The van der Waals surface area contributed by atoms with Crippen molar-refractivity contribution in [2.24, 2.45) is 0 Å². The Labute approximate surface area is 245 Å². The maximum Gasteiger partial charge on any atom is 0.264 e. The predicted molar refractivity (Wildman–Crippen MR) is 158 cm³/mol. The maximum absolute atomic E-state index is 13.9. The number of nitrogens with one attached hydrogen (secondary N) is 1. The number of nitrogens with zero attached hydrogens (tertiary/aromatic N) is 2. The van der Waals surface area contributed by atoms with Gasteiger partial charge in [-0.15, -0.1) is 0 Å². The monoisotopic (exact) mass is 605 g/mol. The number of benzene rings is 3. The molecule has 0 radical (unpaired) electrons. The zero-order chi connectivity index (χ0) is 29.4. The number of rotatable bonds is 12. The van der Waals surface area contributed by atoms with E-state index in [-0.39, 0.29) is 29.1 Å². The van der Waals surface area contributed by atoms with Crippen molar-refractivity contribution in [3.8, 4) is 5.75 Å². The van der Waals surface area contributed by atoms with Crippen LogP contribution in [-0.4, -0.2) is 50.4 Å². The molecule has 0 spiro atoms. The highest BCUT2D eigenvalue weighted by atomic mass is 35.5. The van der Waals surface area contributed by atoms with Crippen LogP contribution in [0, 0.1) is 0 Å². The molecule has 0 aliphatic carbocycles. The highest BCUT2D eigenvalue weighted by molar-refractivity contribution is 7.92. The van der Waals surface area contributed by atoms with Gasteiger partial charge in [0.2, 0.25) is 11.8 Å². The van der Waals surface area contributed by atoms with Crippen LogP contribution in [0.5, 0.6) is 5.75 Å². The van der Waals surface area contributed by atoms with Crippen LogP contribution in [0.4, 0.5) is 5.69 Å². The van der Waals surface area contributed by atoms with Crippen LogP contribution in [-0.2, 0) is 26.2 Å². The SMILES string of the molecule is CCOc1ccc(N(CC(=O)N(Cc2cccc(Cl)c2)C(C)C(=O)NC(C)C)S(=O)(=O)c2ccc(Cl)cc2)cc1. The fourth-order valence-electron chi connectivity index (χ4n) is 3.96. The summed E-state index contributed by atoms with van der Waals surface area (Å²) in [5, 5.41) is 3.68. The van der Waals surface area contributed by atoms with Crippen molar-refractivity contribution in [1.82, 2.24) is 10.2 Å². The molecule has 2 amide bonds. The summed E-state index contributed by atoms with van der Waals surface area (Å²) in [6, 6.07) is 18.0. The molecule has 0 fully saturated rings. The number of sulfonamides is 1. The molecule has 3 aromatic carbocycles. The lowest BCUT2D eigenvalue weighted by atomic mass is 10.1. The van der Waals surface area contributed by atoms with Crippen molar-refractivity contribution in [3.05, 3.63) is 88.4 Å². The molecule has 0 aromatic heterocycles. The second-order valence-corrected chi connectivity index (χ2v) is 12.1. The fraction of sp³-hybridized carbons (Fsp3) is 0.310. The van der Waals surface area contributed by atoms with Crippen molar-refractivity contribution in [3.63, 3.8) is 0 Å². The third-order valence-electron chi connectivity index (χ3n) is 5.96. The van der Waals surface area contributed by atoms with E-state index in [0.717, 1.165) is 4.31 Å². The standard InChI is InChI=1S/C29H33Cl2N3O5S/c1-5-39-26-13-11-25(12-14-26)34(40(37,38)27-15-9-23(30)10-16-27)19-28(35)33(21(4)29(36)32-20(2)3)18-22-7-6-8-24(31)17-22/h6-17,20-21H,5,18-19H2,1-4H3,(H,32,36). The Bertz CT molecular complexity index is 1410. The third kappa shape index (κ3) is 8.13. The van der Waals surface area contributed by atoms with Gasteiger partial charge in [-0.05, 0) is 93.9 Å². The molecule has 11 heteroatoms. The van der Waals surface area contributed by atoms with Crippen LogP contribution in [0.2, 0.25) is 10.0 Å². The Morgan fingerprint density at radius 1 is 0.925 bits per heavy atom. The van der Waals surface area contributed by atoms with Gasteiger partial charge in [-0.2, -0.15) is 0 Å². The molecular weight excluding hydrogens is 573 g/mol. The lowest BCUT2D eigenvalue weighted by molar-refractivity contribution is -0.139. The number of hydrogen-bond acceptors (Lipinski definition) is 5. The summed E-state index contributed by atoms with van der Waals surface area (Å²) in [4.78, 5) is 28.2. The highest BCUT2D eigenvalue weighted by Gasteiger charge is 2.32. The predicted octanol–water partition coefficient (Wildman–Crippen LogP) is 5.53. The molecule has 0 aliphatic heterocycles. The Kier molecular flexibility index (Phi) is 10.8. The van der Waals surface area contributed by atoms with E-state index in [1.165, 1.54) is 29.2 Å². The zero-order valence-corrected chi connectivity index (χ0v) is 25.1. The molecule has 1 N–H and O–H groups in total. The summed E-state index contributed by atoms with van der Waals surface area (Å²) in [7, 11) is -4.20. The Hall–Kier alpha value is -3.27. The normalized spacial score (nSPS) is 12.1. The van der Waals surface area contributed by atoms with Gasteiger partial charge in [-0.3, -0.25) is 13.9 Å². The minimum absolute atomic E-state index is 0.0365. The minimum Gasteiger partial charge on any atom is -0.494 e. The Morgan fingerprint density at radius 2 is 1.57 bits per heavy atom. The van der Waals surface area contributed by atoms with E-state index in [1.807, 2.05) is 20.8 Å². The first-order chi connectivity index (χ1) is 18.9. The zero-order valence-electron chi connectivity index (χ0n) is 22.8. The number of amides is 2. The lowest BCUT2D eigenvalue weighted by Crippen LogP contribution is -2.52. The molecule has 0 heterocycles. The van der Waals surface area contributed by atoms with Gasteiger partial charge in [0.15, 0.2) is 0 Å². The Morgan fingerprint density at radius 3 is 2.15 bits per heavy atom. The summed E-state index contributed by atoms with van der Waals surface area (Å²) in [6.07, 6.45) is 0. The first kappa shape index (κ1) is 31.3. The molecule has 1 atom stereocenters. The van der Waals surface area contributed by atoms with Crippen molar-refractivity contribution in [2.75, 3.05) is 17.5 Å². The number of anilines is 1. The number of ether oxygens (including phenoxy) is 1. The molecule has 40 heavy (non-hydrogen) atoms. The van der Waals surface area contributed by atoms with E-state index >= 15 is 0 Å². The second-order valence-electron chi connectivity index (χ2n) is 9.38. The van der Waals surface area contributed by atoms with Crippen LogP contribution in [0.3, 0.4) is 0 Å². The van der Waals surface area contributed by atoms with E-state index < -0.39 is 28.5 Å². The molecule has 3 aromatic rings. The quantitative estimate of drug-likeness (QED) is 0.293. The molecule has 1 unspecified atom stereocenters. The van der Waals surface area contributed by atoms with E-state index in [1.54, 1.807) is 55.5 Å². The van der Waals surface area contributed by atoms with E-state index in [2.05, 4.69) is 5.32 Å². The van der Waals surface area contributed by atoms with Gasteiger partial charge in [0, 0.05) is 22.6 Å². The van der Waals surface area contributed by atoms with Gasteiger partial charge < -0.3 is 15.0 Å². The van der Waals surface area contributed by atoms with Gasteiger partial charge >= 0.3 is 0 Å². The van der Waals surface area contributed by atoms with Crippen molar-refractivity contribution in [1.29, 1.82) is 0 Å². The maximum atomic E-state index is 13.9. The third-order valence-corrected chi connectivity index (χ3v) is 8.23. The number of halogens is 2. The van der Waals surface area contributed by atoms with Gasteiger partial charge in [-0.1, -0.05) is 35.3 Å².